The predicted molar refractivity (Wildman–Crippen MR) is 96.2 cm³/mol. The lowest BCUT2D eigenvalue weighted by Gasteiger charge is -2.32. The second kappa shape index (κ2) is 5.62. The highest BCUT2D eigenvalue weighted by Gasteiger charge is 2.36. The van der Waals surface area contributed by atoms with Crippen molar-refractivity contribution in [2.24, 2.45) is 0 Å². The lowest BCUT2D eigenvalue weighted by Crippen LogP contribution is -2.45. The first-order valence-electron chi connectivity index (χ1n) is 8.50. The molecule has 2 aliphatic heterocycles. The van der Waals surface area contributed by atoms with Crippen LogP contribution in [-0.4, -0.2) is 24.0 Å². The molecule has 2 aromatic rings. The van der Waals surface area contributed by atoms with Crippen molar-refractivity contribution in [2.45, 2.75) is 32.3 Å². The van der Waals surface area contributed by atoms with Crippen molar-refractivity contribution in [1.29, 1.82) is 0 Å². The quantitative estimate of drug-likeness (QED) is 0.868. The van der Waals surface area contributed by atoms with Crippen molar-refractivity contribution < 1.29 is 14.3 Å². The highest BCUT2D eigenvalue weighted by Crippen LogP contribution is 2.35. The van der Waals surface area contributed by atoms with Gasteiger partial charge in [0.25, 0.3) is 11.8 Å². The van der Waals surface area contributed by atoms with Crippen LogP contribution in [0.25, 0.3) is 0 Å². The third-order valence-corrected chi connectivity index (χ3v) is 4.74. The van der Waals surface area contributed by atoms with Gasteiger partial charge in [0.2, 0.25) is 0 Å². The summed E-state index contributed by atoms with van der Waals surface area (Å²) in [6.07, 6.45) is 1.94. The monoisotopic (exact) mass is 336 g/mol. The van der Waals surface area contributed by atoms with Gasteiger partial charge in [0.05, 0.1) is 5.69 Å². The summed E-state index contributed by atoms with van der Waals surface area (Å²) in [6, 6.07) is 13.2. The van der Waals surface area contributed by atoms with Crippen LogP contribution in [-0.2, 0) is 11.2 Å². The first-order chi connectivity index (χ1) is 12.0. The smallest absolute Gasteiger partial charge is 0.268 e. The molecule has 5 heteroatoms. The molecule has 0 aromatic heterocycles. The summed E-state index contributed by atoms with van der Waals surface area (Å²) < 4.78 is 5.73. The van der Waals surface area contributed by atoms with Gasteiger partial charge in [0, 0.05) is 17.8 Å². The van der Waals surface area contributed by atoms with Gasteiger partial charge in [-0.3, -0.25) is 9.59 Å². The maximum atomic E-state index is 13.0. The summed E-state index contributed by atoms with van der Waals surface area (Å²) in [5.74, 6) is 0.308. The lowest BCUT2D eigenvalue weighted by atomic mass is 10.0. The summed E-state index contributed by atoms with van der Waals surface area (Å²) in [6.45, 7) is 4.13. The number of benzene rings is 2. The number of nitrogens with zero attached hydrogens (tertiary/aromatic N) is 1. The van der Waals surface area contributed by atoms with Gasteiger partial charge in [-0.25, -0.2) is 0 Å². The first-order valence-corrected chi connectivity index (χ1v) is 8.50. The molecule has 0 bridgehead atoms. The molecule has 0 saturated carbocycles. The molecule has 2 amide bonds. The highest BCUT2D eigenvalue weighted by molar-refractivity contribution is 6.08. The number of hydrogen-bond donors (Lipinski definition) is 1. The van der Waals surface area contributed by atoms with E-state index in [1.807, 2.05) is 23.1 Å². The van der Waals surface area contributed by atoms with Crippen molar-refractivity contribution in [3.8, 4) is 5.75 Å². The largest absolute Gasteiger partial charge is 0.476 e. The van der Waals surface area contributed by atoms with Crippen LogP contribution in [0.5, 0.6) is 5.75 Å². The van der Waals surface area contributed by atoms with Crippen molar-refractivity contribution >= 4 is 23.2 Å². The molecule has 0 unspecified atom stereocenters. The fraction of sp³-hybridized carbons (Fsp3) is 0.300. The number of carbonyl (C=O) groups is 2. The average molecular weight is 336 g/mol. The van der Waals surface area contributed by atoms with Gasteiger partial charge in [-0.15, -0.1) is 0 Å². The van der Waals surface area contributed by atoms with Crippen LogP contribution in [0.2, 0.25) is 0 Å². The molecule has 25 heavy (non-hydrogen) atoms. The molecule has 128 valence electrons. The molecule has 5 nitrogen and oxygen atoms in total. The number of amides is 2. The number of nitrogens with one attached hydrogen (secondary N) is 1. The predicted octanol–water partition coefficient (Wildman–Crippen LogP) is 3.39. The second-order valence-electron chi connectivity index (χ2n) is 6.97. The SMILES string of the molecule is CC1(C)Oc2ccc(C(=O)N3CCCc4ccccc43)cc2NC1=O. The highest BCUT2D eigenvalue weighted by atomic mass is 16.5. The molecule has 0 atom stereocenters. The van der Waals surface area contributed by atoms with Crippen molar-refractivity contribution in [3.63, 3.8) is 0 Å². The number of anilines is 2. The van der Waals surface area contributed by atoms with E-state index < -0.39 is 5.60 Å². The van der Waals surface area contributed by atoms with Crippen LogP contribution >= 0.6 is 0 Å². The van der Waals surface area contributed by atoms with Crippen molar-refractivity contribution in [3.05, 3.63) is 53.6 Å². The van der Waals surface area contributed by atoms with Gasteiger partial charge < -0.3 is 15.0 Å². The Labute approximate surface area is 146 Å². The number of ether oxygens (including phenoxy) is 1. The number of fused-ring (bicyclic) bond motifs is 2. The van der Waals surface area contributed by atoms with Crippen LogP contribution in [0, 0.1) is 0 Å². The molecule has 0 saturated heterocycles. The number of carbonyl (C=O) groups excluding carboxylic acids is 2. The fourth-order valence-corrected chi connectivity index (χ4v) is 3.34. The Hall–Kier alpha value is -2.82. The van der Waals surface area contributed by atoms with Crippen molar-refractivity contribution in [2.75, 3.05) is 16.8 Å². The van der Waals surface area contributed by atoms with Crippen LogP contribution < -0.4 is 15.0 Å². The molecule has 2 heterocycles. The van der Waals surface area contributed by atoms with Gasteiger partial charge in [-0.1, -0.05) is 18.2 Å². The maximum absolute atomic E-state index is 13.0. The Morgan fingerprint density at radius 3 is 2.84 bits per heavy atom. The van der Waals surface area contributed by atoms with E-state index in [0.717, 1.165) is 18.5 Å². The molecule has 0 fully saturated rings. The van der Waals surface area contributed by atoms with Gasteiger partial charge in [-0.2, -0.15) is 0 Å². The van der Waals surface area contributed by atoms with Gasteiger partial charge >= 0.3 is 0 Å². The molecular formula is C20H20N2O3. The van der Waals surface area contributed by atoms with E-state index in [9.17, 15) is 9.59 Å². The second-order valence-corrected chi connectivity index (χ2v) is 6.97. The summed E-state index contributed by atoms with van der Waals surface area (Å²) in [5, 5.41) is 2.83. The number of rotatable bonds is 1. The number of aryl methyl sites for hydroxylation is 1. The van der Waals surface area contributed by atoms with Gasteiger partial charge in [-0.05, 0) is 56.5 Å². The molecule has 0 spiro atoms. The van der Waals surface area contributed by atoms with E-state index in [1.54, 1.807) is 32.0 Å². The zero-order valence-corrected chi connectivity index (χ0v) is 14.3. The Kier molecular flexibility index (Phi) is 3.53. The number of hydrogen-bond acceptors (Lipinski definition) is 3. The lowest BCUT2D eigenvalue weighted by molar-refractivity contribution is -0.129. The van der Waals surface area contributed by atoms with Crippen LogP contribution in [0.1, 0.15) is 36.2 Å². The molecule has 0 aliphatic carbocycles. The Morgan fingerprint density at radius 1 is 1.20 bits per heavy atom. The van der Waals surface area contributed by atoms with E-state index in [4.69, 9.17) is 4.74 Å². The van der Waals surface area contributed by atoms with Crippen LogP contribution in [0.15, 0.2) is 42.5 Å². The molecule has 2 aromatic carbocycles. The minimum atomic E-state index is -0.912. The van der Waals surface area contributed by atoms with Gasteiger partial charge in [0.15, 0.2) is 5.60 Å². The zero-order valence-electron chi connectivity index (χ0n) is 14.3. The molecule has 4 rings (SSSR count). The summed E-state index contributed by atoms with van der Waals surface area (Å²) in [5.41, 5.74) is 2.33. The van der Waals surface area contributed by atoms with E-state index in [-0.39, 0.29) is 11.8 Å². The van der Waals surface area contributed by atoms with E-state index in [1.165, 1.54) is 5.56 Å². The normalized spacial score (nSPS) is 17.8. The van der Waals surface area contributed by atoms with Crippen LogP contribution in [0.4, 0.5) is 11.4 Å². The third-order valence-electron chi connectivity index (χ3n) is 4.74. The van der Waals surface area contributed by atoms with Gasteiger partial charge in [0.1, 0.15) is 5.75 Å². The molecule has 1 N–H and O–H groups in total. The first kappa shape index (κ1) is 15.7. The Bertz CT molecular complexity index is 873. The maximum Gasteiger partial charge on any atom is 0.268 e. The van der Waals surface area contributed by atoms with E-state index >= 15 is 0 Å². The fourth-order valence-electron chi connectivity index (χ4n) is 3.34. The molecule has 2 aliphatic rings. The Morgan fingerprint density at radius 2 is 2.00 bits per heavy atom. The third kappa shape index (κ3) is 2.65. The molecule has 0 radical (unpaired) electrons. The average Bonchev–Trinajstić information content (AvgIpc) is 2.61. The standard InChI is InChI=1S/C20H20N2O3/c1-20(2)19(24)21-15-12-14(9-10-17(15)25-20)18(23)22-11-5-7-13-6-3-4-8-16(13)22/h3-4,6,8-10,12H,5,7,11H2,1-2H3,(H,21,24). The summed E-state index contributed by atoms with van der Waals surface area (Å²) >= 11 is 0. The van der Waals surface area contributed by atoms with E-state index in [0.29, 0.717) is 23.5 Å². The zero-order chi connectivity index (χ0) is 17.6. The van der Waals surface area contributed by atoms with Crippen LogP contribution in [0.3, 0.4) is 0 Å². The minimum Gasteiger partial charge on any atom is -0.476 e. The Balaban J connectivity index is 1.67. The van der Waals surface area contributed by atoms with Crippen molar-refractivity contribution in [1.82, 2.24) is 0 Å². The summed E-state index contributed by atoms with van der Waals surface area (Å²) in [4.78, 5) is 26.9. The molecular weight excluding hydrogens is 316 g/mol. The topological polar surface area (TPSA) is 58.6 Å². The van der Waals surface area contributed by atoms with E-state index in [2.05, 4.69) is 11.4 Å². The summed E-state index contributed by atoms with van der Waals surface area (Å²) in [7, 11) is 0. The minimum absolute atomic E-state index is 0.0611. The number of para-hydroxylation sites is 1.